The van der Waals surface area contributed by atoms with Crippen molar-refractivity contribution in [1.29, 1.82) is 0 Å². The fourth-order valence-corrected chi connectivity index (χ4v) is 3.38. The second kappa shape index (κ2) is 9.92. The summed E-state index contributed by atoms with van der Waals surface area (Å²) >= 11 is 5.38. The number of benzene rings is 3. The first kappa shape index (κ1) is 22.0. The van der Waals surface area contributed by atoms with E-state index in [1.54, 1.807) is 50.8 Å². The Bertz CT molecular complexity index is 1360. The van der Waals surface area contributed by atoms with Gasteiger partial charge in [-0.15, -0.1) is 0 Å². The molecule has 0 saturated carbocycles. The standard InChI is InChI=1S/C24H21N5O3S/c1-31-20-13-12-16(14-21(20)32-2)15-25-29-22(27-28-24(29)33)18-10-6-7-11-19(18)26-23(30)17-8-4-3-5-9-17/h3-15H,1-2H3,(H,26,30)(H,28,33)/b25-15+. The number of H-pyrrole nitrogens is 1. The van der Waals surface area contributed by atoms with Crippen LogP contribution < -0.4 is 14.8 Å². The first-order valence-electron chi connectivity index (χ1n) is 10.0. The molecule has 1 heterocycles. The second-order valence-electron chi connectivity index (χ2n) is 6.89. The van der Waals surface area contributed by atoms with Crippen molar-refractivity contribution in [1.82, 2.24) is 14.9 Å². The van der Waals surface area contributed by atoms with Crippen LogP contribution >= 0.6 is 12.2 Å². The lowest BCUT2D eigenvalue weighted by Crippen LogP contribution is -2.12. The van der Waals surface area contributed by atoms with E-state index in [4.69, 9.17) is 21.7 Å². The van der Waals surface area contributed by atoms with Crippen LogP contribution in [0.5, 0.6) is 11.5 Å². The number of anilines is 1. The lowest BCUT2D eigenvalue weighted by molar-refractivity contribution is 0.102. The Labute approximate surface area is 195 Å². The van der Waals surface area contributed by atoms with Crippen molar-refractivity contribution in [3.05, 3.63) is 88.7 Å². The molecule has 0 aliphatic rings. The number of aromatic nitrogens is 3. The molecule has 0 aliphatic carbocycles. The number of hydrogen-bond acceptors (Lipinski definition) is 6. The van der Waals surface area contributed by atoms with Crippen molar-refractivity contribution in [2.45, 2.75) is 0 Å². The SMILES string of the molecule is COc1ccc(/C=N/n2c(-c3ccccc3NC(=O)c3ccccc3)n[nH]c2=S)cc1OC. The van der Waals surface area contributed by atoms with Crippen molar-refractivity contribution in [3.8, 4) is 22.9 Å². The lowest BCUT2D eigenvalue weighted by Gasteiger charge is -2.10. The van der Waals surface area contributed by atoms with Gasteiger partial charge < -0.3 is 14.8 Å². The van der Waals surface area contributed by atoms with Crippen LogP contribution in [0.3, 0.4) is 0 Å². The van der Waals surface area contributed by atoms with Gasteiger partial charge in [0.15, 0.2) is 17.3 Å². The quantitative estimate of drug-likeness (QED) is 0.307. The van der Waals surface area contributed by atoms with E-state index in [0.717, 1.165) is 5.56 Å². The van der Waals surface area contributed by atoms with Crippen molar-refractivity contribution in [3.63, 3.8) is 0 Å². The van der Waals surface area contributed by atoms with Crippen LogP contribution in [0, 0.1) is 4.77 Å². The van der Waals surface area contributed by atoms with Gasteiger partial charge in [0.05, 0.1) is 26.1 Å². The number of methoxy groups -OCH3 is 2. The van der Waals surface area contributed by atoms with Gasteiger partial charge in [-0.05, 0) is 60.2 Å². The van der Waals surface area contributed by atoms with E-state index in [1.165, 1.54) is 4.68 Å². The summed E-state index contributed by atoms with van der Waals surface area (Å²) in [4.78, 5) is 12.7. The van der Waals surface area contributed by atoms with Gasteiger partial charge >= 0.3 is 0 Å². The summed E-state index contributed by atoms with van der Waals surface area (Å²) in [5, 5.41) is 14.6. The number of ether oxygens (including phenoxy) is 2. The molecular weight excluding hydrogens is 438 g/mol. The zero-order valence-corrected chi connectivity index (χ0v) is 18.8. The third kappa shape index (κ3) is 4.83. The first-order valence-corrected chi connectivity index (χ1v) is 10.4. The molecule has 0 unspecified atom stereocenters. The molecule has 0 radical (unpaired) electrons. The smallest absolute Gasteiger partial charge is 0.255 e. The minimum absolute atomic E-state index is 0.224. The lowest BCUT2D eigenvalue weighted by atomic mass is 10.1. The van der Waals surface area contributed by atoms with Crippen LogP contribution in [0.2, 0.25) is 0 Å². The van der Waals surface area contributed by atoms with Crippen molar-refractivity contribution in [2.24, 2.45) is 5.10 Å². The molecule has 166 valence electrons. The molecule has 0 atom stereocenters. The average molecular weight is 460 g/mol. The predicted octanol–water partition coefficient (Wildman–Crippen LogP) is 4.76. The van der Waals surface area contributed by atoms with Crippen molar-refractivity contribution < 1.29 is 14.3 Å². The van der Waals surface area contributed by atoms with Gasteiger partial charge in [-0.2, -0.15) is 14.9 Å². The highest BCUT2D eigenvalue weighted by molar-refractivity contribution is 7.71. The van der Waals surface area contributed by atoms with E-state index < -0.39 is 0 Å². The predicted molar refractivity (Wildman–Crippen MR) is 130 cm³/mol. The summed E-state index contributed by atoms with van der Waals surface area (Å²) in [7, 11) is 3.15. The van der Waals surface area contributed by atoms with Crippen LogP contribution in [0.15, 0.2) is 77.9 Å². The van der Waals surface area contributed by atoms with Crippen molar-refractivity contribution in [2.75, 3.05) is 19.5 Å². The van der Waals surface area contributed by atoms with E-state index in [9.17, 15) is 4.79 Å². The van der Waals surface area contributed by atoms with E-state index in [1.807, 2.05) is 42.5 Å². The number of rotatable bonds is 7. The number of carbonyl (C=O) groups is 1. The Morgan fingerprint density at radius 1 is 1.03 bits per heavy atom. The van der Waals surface area contributed by atoms with Gasteiger partial charge in [-0.3, -0.25) is 4.79 Å². The highest BCUT2D eigenvalue weighted by Gasteiger charge is 2.15. The normalized spacial score (nSPS) is 10.8. The molecule has 9 heteroatoms. The summed E-state index contributed by atoms with van der Waals surface area (Å²) in [6.45, 7) is 0. The minimum Gasteiger partial charge on any atom is -0.493 e. The summed E-state index contributed by atoms with van der Waals surface area (Å²) < 4.78 is 12.4. The van der Waals surface area contributed by atoms with E-state index in [2.05, 4.69) is 20.6 Å². The highest BCUT2D eigenvalue weighted by Crippen LogP contribution is 2.28. The molecule has 0 fully saturated rings. The van der Waals surface area contributed by atoms with Gasteiger partial charge in [-0.1, -0.05) is 30.3 Å². The van der Waals surface area contributed by atoms with Gasteiger partial charge in [0.1, 0.15) is 0 Å². The van der Waals surface area contributed by atoms with Crippen LogP contribution in [0.4, 0.5) is 5.69 Å². The van der Waals surface area contributed by atoms with Crippen LogP contribution in [-0.2, 0) is 0 Å². The Balaban J connectivity index is 1.67. The Morgan fingerprint density at radius 2 is 1.76 bits per heavy atom. The first-order chi connectivity index (χ1) is 16.1. The van der Waals surface area contributed by atoms with Crippen molar-refractivity contribution >= 4 is 30.0 Å². The summed E-state index contributed by atoms with van der Waals surface area (Å²) in [6, 6.07) is 21.8. The number of nitrogens with one attached hydrogen (secondary N) is 2. The number of aromatic amines is 1. The summed E-state index contributed by atoms with van der Waals surface area (Å²) in [5.41, 5.74) is 2.59. The third-order valence-electron chi connectivity index (χ3n) is 4.83. The molecule has 0 saturated heterocycles. The summed E-state index contributed by atoms with van der Waals surface area (Å²) in [6.07, 6.45) is 1.64. The Hall–Kier alpha value is -4.24. The highest BCUT2D eigenvalue weighted by atomic mass is 32.1. The van der Waals surface area contributed by atoms with E-state index in [-0.39, 0.29) is 5.91 Å². The molecular formula is C24H21N5O3S. The largest absolute Gasteiger partial charge is 0.493 e. The molecule has 33 heavy (non-hydrogen) atoms. The zero-order valence-electron chi connectivity index (χ0n) is 18.0. The topological polar surface area (TPSA) is 93.5 Å². The minimum atomic E-state index is -0.224. The number of para-hydroxylation sites is 1. The average Bonchev–Trinajstić information content (AvgIpc) is 3.23. The molecule has 3 aromatic carbocycles. The fraction of sp³-hybridized carbons (Fsp3) is 0.0833. The monoisotopic (exact) mass is 459 g/mol. The molecule has 4 rings (SSSR count). The molecule has 2 N–H and O–H groups in total. The maximum absolute atomic E-state index is 12.7. The van der Waals surface area contributed by atoms with Gasteiger partial charge in [-0.25, -0.2) is 5.10 Å². The second-order valence-corrected chi connectivity index (χ2v) is 7.28. The Kier molecular flexibility index (Phi) is 6.61. The zero-order chi connectivity index (χ0) is 23.2. The van der Waals surface area contributed by atoms with Crippen LogP contribution in [-0.4, -0.2) is 41.2 Å². The Morgan fingerprint density at radius 3 is 2.52 bits per heavy atom. The molecule has 1 aromatic heterocycles. The number of nitrogens with zero attached hydrogens (tertiary/aromatic N) is 3. The van der Waals surface area contributed by atoms with Gasteiger partial charge in [0.2, 0.25) is 4.77 Å². The molecule has 1 amide bonds. The van der Waals surface area contributed by atoms with Gasteiger partial charge in [0.25, 0.3) is 5.91 Å². The van der Waals surface area contributed by atoms with E-state index in [0.29, 0.717) is 38.9 Å². The molecule has 0 bridgehead atoms. The molecule has 0 spiro atoms. The number of carbonyl (C=O) groups excluding carboxylic acids is 1. The van der Waals surface area contributed by atoms with E-state index >= 15 is 0 Å². The molecule has 4 aromatic rings. The number of amides is 1. The van der Waals surface area contributed by atoms with Crippen LogP contribution in [0.25, 0.3) is 11.4 Å². The fourth-order valence-electron chi connectivity index (χ4n) is 3.20. The van der Waals surface area contributed by atoms with Gasteiger partial charge in [0, 0.05) is 11.1 Å². The maximum atomic E-state index is 12.7. The number of hydrogen-bond donors (Lipinski definition) is 2. The van der Waals surface area contributed by atoms with Crippen LogP contribution in [0.1, 0.15) is 15.9 Å². The molecule has 0 aliphatic heterocycles. The summed E-state index contributed by atoms with van der Waals surface area (Å²) in [5.74, 6) is 1.45. The third-order valence-corrected chi connectivity index (χ3v) is 5.10. The molecule has 8 nitrogen and oxygen atoms in total. The maximum Gasteiger partial charge on any atom is 0.255 e.